The second-order valence-corrected chi connectivity index (χ2v) is 11.5. The maximum atomic E-state index is 14.2. The van der Waals surface area contributed by atoms with Crippen LogP contribution < -0.4 is 10.6 Å². The fraction of sp³-hybridized carbons (Fsp3) is 0.412. The van der Waals surface area contributed by atoms with E-state index in [0.717, 1.165) is 24.3 Å². The number of benzene rings is 3. The van der Waals surface area contributed by atoms with Gasteiger partial charge in [-0.15, -0.1) is 0 Å². The summed E-state index contributed by atoms with van der Waals surface area (Å²) in [5.74, 6) is -1.07. The highest BCUT2D eigenvalue weighted by atomic mass is 19.4. The number of hydrogen-bond acceptors (Lipinski definition) is 2. The average molecular weight is 621 g/mol. The minimum absolute atomic E-state index is 0.0813. The second kappa shape index (κ2) is 13.0. The molecule has 0 atom stereocenters. The van der Waals surface area contributed by atoms with E-state index >= 15 is 0 Å². The molecule has 0 aliphatic heterocycles. The van der Waals surface area contributed by atoms with Gasteiger partial charge in [0.25, 0.3) is 11.8 Å². The van der Waals surface area contributed by atoms with E-state index in [0.29, 0.717) is 42.9 Å². The van der Waals surface area contributed by atoms with Gasteiger partial charge in [-0.25, -0.2) is 0 Å². The van der Waals surface area contributed by atoms with Gasteiger partial charge in [0.15, 0.2) is 0 Å². The van der Waals surface area contributed by atoms with Crippen LogP contribution in [0.15, 0.2) is 60.7 Å². The Hall–Kier alpha value is -3.82. The summed E-state index contributed by atoms with van der Waals surface area (Å²) in [5, 5.41) is 5.33. The highest BCUT2D eigenvalue weighted by Gasteiger charge is 2.39. The first-order valence-electron chi connectivity index (χ1n) is 14.6. The van der Waals surface area contributed by atoms with Crippen LogP contribution in [0.3, 0.4) is 0 Å². The molecule has 2 amide bonds. The highest BCUT2D eigenvalue weighted by molar-refractivity contribution is 6.05. The van der Waals surface area contributed by atoms with Crippen molar-refractivity contribution in [2.75, 3.05) is 5.32 Å². The Labute approximate surface area is 254 Å². The van der Waals surface area contributed by atoms with E-state index in [4.69, 9.17) is 0 Å². The van der Waals surface area contributed by atoms with Crippen LogP contribution >= 0.6 is 0 Å². The van der Waals surface area contributed by atoms with E-state index in [2.05, 4.69) is 10.6 Å². The molecule has 0 heterocycles. The summed E-state index contributed by atoms with van der Waals surface area (Å²) in [6.07, 6.45) is -7.38. The van der Waals surface area contributed by atoms with Gasteiger partial charge in [0, 0.05) is 22.4 Å². The molecule has 0 unspecified atom stereocenters. The summed E-state index contributed by atoms with van der Waals surface area (Å²) in [4.78, 5) is 25.5. The topological polar surface area (TPSA) is 58.2 Å². The zero-order valence-electron chi connectivity index (χ0n) is 25.7. The maximum Gasteiger partial charge on any atom is 0.417 e. The average Bonchev–Trinajstić information content (AvgIpc) is 2.99. The molecule has 44 heavy (non-hydrogen) atoms. The summed E-state index contributed by atoms with van der Waals surface area (Å²) in [6.45, 7) is 11.3. The van der Waals surface area contributed by atoms with Crippen molar-refractivity contribution in [2.24, 2.45) is 0 Å². The third-order valence-electron chi connectivity index (χ3n) is 8.84. The summed E-state index contributed by atoms with van der Waals surface area (Å²) in [7, 11) is 0. The molecule has 3 aromatic rings. The van der Waals surface area contributed by atoms with Crippen molar-refractivity contribution in [1.29, 1.82) is 0 Å². The Morgan fingerprint density at radius 3 is 1.52 bits per heavy atom. The standard InChI is InChI=1S/C34H38F6N2O2/c1-7-31(5,8-2)23-15-17-25(27(19-23)33(35,36)37)26-18-16-24(20-28(26)34(38,39)40)41-29(43)21-11-13-22(14-12-21)30(44)42-32(6,9-3)10-4/h11-20H,7-10H2,1-6H3,(H,41,43)(H,42,44). The first kappa shape index (κ1) is 34.7. The van der Waals surface area contributed by atoms with Crippen molar-refractivity contribution >= 4 is 17.5 Å². The Morgan fingerprint density at radius 2 is 1.07 bits per heavy atom. The van der Waals surface area contributed by atoms with Gasteiger partial charge in [-0.2, -0.15) is 26.3 Å². The van der Waals surface area contributed by atoms with E-state index in [1.165, 1.54) is 30.3 Å². The van der Waals surface area contributed by atoms with Crippen LogP contribution in [0.4, 0.5) is 32.0 Å². The second-order valence-electron chi connectivity index (χ2n) is 11.5. The normalized spacial score (nSPS) is 12.6. The number of hydrogen-bond donors (Lipinski definition) is 2. The lowest BCUT2D eigenvalue weighted by molar-refractivity contribution is -0.139. The first-order chi connectivity index (χ1) is 20.4. The molecule has 3 aromatic carbocycles. The van der Waals surface area contributed by atoms with E-state index < -0.39 is 51.5 Å². The van der Waals surface area contributed by atoms with Crippen LogP contribution in [0.5, 0.6) is 0 Å². The Balaban J connectivity index is 1.96. The van der Waals surface area contributed by atoms with Crippen LogP contribution in [0.25, 0.3) is 11.1 Å². The molecule has 238 valence electrons. The SMILES string of the molecule is CCC(C)(CC)NC(=O)c1ccc(C(=O)Nc2ccc(-c3ccc(C(C)(CC)CC)cc3C(F)(F)F)c(C(F)(F)F)c2)cc1. The van der Waals surface area contributed by atoms with E-state index in [1.807, 2.05) is 41.5 Å². The number of anilines is 1. The third kappa shape index (κ3) is 7.63. The number of carbonyl (C=O) groups excluding carboxylic acids is 2. The van der Waals surface area contributed by atoms with Crippen molar-refractivity contribution in [1.82, 2.24) is 5.32 Å². The Bertz CT molecular complexity index is 1490. The zero-order valence-corrected chi connectivity index (χ0v) is 25.7. The molecule has 0 radical (unpaired) electrons. The molecular weight excluding hydrogens is 582 g/mol. The van der Waals surface area contributed by atoms with Crippen molar-refractivity contribution < 1.29 is 35.9 Å². The quantitative estimate of drug-likeness (QED) is 0.222. The molecule has 0 fully saturated rings. The van der Waals surface area contributed by atoms with E-state index in [1.54, 1.807) is 0 Å². The lowest BCUT2D eigenvalue weighted by Gasteiger charge is -2.29. The highest BCUT2D eigenvalue weighted by Crippen LogP contribution is 2.45. The number of amides is 2. The maximum absolute atomic E-state index is 14.2. The molecule has 3 rings (SSSR count). The van der Waals surface area contributed by atoms with Crippen molar-refractivity contribution in [3.8, 4) is 11.1 Å². The number of alkyl halides is 6. The lowest BCUT2D eigenvalue weighted by atomic mass is 9.76. The van der Waals surface area contributed by atoms with E-state index in [-0.39, 0.29) is 17.2 Å². The Morgan fingerprint density at radius 1 is 0.614 bits per heavy atom. The number of rotatable bonds is 10. The monoisotopic (exact) mass is 620 g/mol. The lowest BCUT2D eigenvalue weighted by Crippen LogP contribution is -2.44. The number of halogens is 6. The van der Waals surface area contributed by atoms with Crippen molar-refractivity contribution in [3.05, 3.63) is 88.5 Å². The Kier molecular flexibility index (Phi) is 10.3. The van der Waals surface area contributed by atoms with Gasteiger partial charge in [-0.05, 0) is 97.2 Å². The van der Waals surface area contributed by atoms with Gasteiger partial charge in [0.2, 0.25) is 0 Å². The zero-order chi connectivity index (χ0) is 33.1. The molecule has 0 aliphatic rings. The molecular formula is C34H38F6N2O2. The smallest absolute Gasteiger partial charge is 0.347 e. The van der Waals surface area contributed by atoms with Crippen LogP contribution in [-0.4, -0.2) is 17.4 Å². The third-order valence-corrected chi connectivity index (χ3v) is 8.84. The van der Waals surface area contributed by atoms with Gasteiger partial charge < -0.3 is 10.6 Å². The number of carbonyl (C=O) groups is 2. The summed E-state index contributed by atoms with van der Waals surface area (Å²) in [5.41, 5.74) is -4.16. The first-order valence-corrected chi connectivity index (χ1v) is 14.6. The molecule has 0 aromatic heterocycles. The van der Waals surface area contributed by atoms with Crippen molar-refractivity contribution in [3.63, 3.8) is 0 Å². The number of nitrogens with one attached hydrogen (secondary N) is 2. The predicted molar refractivity (Wildman–Crippen MR) is 161 cm³/mol. The summed E-state index contributed by atoms with van der Waals surface area (Å²) >= 11 is 0. The van der Waals surface area contributed by atoms with Gasteiger partial charge in [0.1, 0.15) is 0 Å². The summed E-state index contributed by atoms with van der Waals surface area (Å²) in [6, 6.07) is 11.8. The van der Waals surface area contributed by atoms with Gasteiger partial charge in [-0.3, -0.25) is 9.59 Å². The van der Waals surface area contributed by atoms with E-state index in [9.17, 15) is 35.9 Å². The molecule has 0 saturated carbocycles. The summed E-state index contributed by atoms with van der Waals surface area (Å²) < 4.78 is 85.3. The fourth-order valence-electron chi connectivity index (χ4n) is 4.89. The molecule has 0 saturated heterocycles. The molecule has 0 spiro atoms. The van der Waals surface area contributed by atoms with Crippen LogP contribution in [-0.2, 0) is 17.8 Å². The van der Waals surface area contributed by atoms with Gasteiger partial charge >= 0.3 is 12.4 Å². The van der Waals surface area contributed by atoms with Crippen LogP contribution in [0, 0.1) is 0 Å². The predicted octanol–water partition coefficient (Wildman–Crippen LogP) is 10.0. The fourth-order valence-corrected chi connectivity index (χ4v) is 4.89. The van der Waals surface area contributed by atoms with Crippen LogP contribution in [0.1, 0.15) is 105 Å². The largest absolute Gasteiger partial charge is 0.417 e. The van der Waals surface area contributed by atoms with Crippen molar-refractivity contribution in [2.45, 2.75) is 90.5 Å². The molecule has 0 bridgehead atoms. The molecule has 4 nitrogen and oxygen atoms in total. The van der Waals surface area contributed by atoms with Crippen LogP contribution in [0.2, 0.25) is 0 Å². The minimum atomic E-state index is -5.01. The van der Waals surface area contributed by atoms with Gasteiger partial charge in [-0.1, -0.05) is 52.8 Å². The van der Waals surface area contributed by atoms with Gasteiger partial charge in [0.05, 0.1) is 11.1 Å². The minimum Gasteiger partial charge on any atom is -0.347 e. The molecule has 0 aliphatic carbocycles. The molecule has 2 N–H and O–H groups in total. The molecule has 10 heteroatoms.